The average Bonchev–Trinajstić information content (AvgIpc) is 3.98. The van der Waals surface area contributed by atoms with Crippen molar-refractivity contribution < 1.29 is 0 Å². The Labute approximate surface area is 380 Å². The van der Waals surface area contributed by atoms with Crippen LogP contribution in [0.1, 0.15) is 25.0 Å². The Morgan fingerprint density at radius 1 is 0.400 bits per heavy atom. The summed E-state index contributed by atoms with van der Waals surface area (Å²) in [7, 11) is 0. The summed E-state index contributed by atoms with van der Waals surface area (Å²) in [6.45, 7) is 4.70. The largest absolute Gasteiger partial charge is 0.291 e. The highest BCUT2D eigenvalue weighted by molar-refractivity contribution is 7.26. The fourth-order valence-electron chi connectivity index (χ4n) is 11.0. The molecule has 3 heterocycles. The molecule has 13 aromatic rings. The van der Waals surface area contributed by atoms with Crippen LogP contribution in [-0.4, -0.2) is 9.38 Å². The Bertz CT molecular complexity index is 4130. The maximum Gasteiger partial charge on any atom is 0.156 e. The molecule has 3 heteroatoms. The molecule has 0 radical (unpaired) electrons. The number of pyridine rings is 1. The van der Waals surface area contributed by atoms with E-state index in [0.29, 0.717) is 0 Å². The van der Waals surface area contributed by atoms with Gasteiger partial charge in [-0.1, -0.05) is 184 Å². The molecule has 65 heavy (non-hydrogen) atoms. The van der Waals surface area contributed by atoms with Gasteiger partial charge in [0.15, 0.2) is 5.65 Å². The molecule has 304 valence electrons. The number of benzene rings is 10. The molecular weight excluding hydrogens is 805 g/mol. The van der Waals surface area contributed by atoms with Crippen molar-refractivity contribution in [3.63, 3.8) is 0 Å². The lowest BCUT2D eigenvalue weighted by Crippen LogP contribution is -2.14. The number of fused-ring (bicyclic) bond motifs is 13. The van der Waals surface area contributed by atoms with E-state index in [4.69, 9.17) is 4.98 Å². The molecule has 0 fully saturated rings. The number of rotatable bonds is 4. The van der Waals surface area contributed by atoms with Gasteiger partial charge in [-0.3, -0.25) is 4.40 Å². The molecule has 1 aliphatic rings. The van der Waals surface area contributed by atoms with Gasteiger partial charge in [0, 0.05) is 20.9 Å². The third-order valence-corrected chi connectivity index (χ3v) is 15.5. The van der Waals surface area contributed by atoms with Crippen LogP contribution >= 0.6 is 11.3 Å². The Balaban J connectivity index is 0.859. The molecule has 0 spiro atoms. The molecule has 0 N–H and O–H groups in total. The zero-order chi connectivity index (χ0) is 43.0. The SMILES string of the molecule is CC1(C)c2ccccc2-c2ccc(-c3ccc(-c4ccc(-c5ccc(-c6cc7c8cc9ccccc9cc8sc7c7nc8cc9ccccc9cc8n67)cc5)c5ccccc45)cc3)cc21. The molecule has 0 amide bonds. The average molecular weight is 845 g/mol. The smallest absolute Gasteiger partial charge is 0.156 e. The maximum atomic E-state index is 5.40. The summed E-state index contributed by atoms with van der Waals surface area (Å²) in [4.78, 5) is 5.40. The van der Waals surface area contributed by atoms with Crippen molar-refractivity contribution in [2.75, 3.05) is 0 Å². The minimum absolute atomic E-state index is 0.0240. The van der Waals surface area contributed by atoms with Gasteiger partial charge in [-0.25, -0.2) is 4.98 Å². The second-order valence-corrected chi connectivity index (χ2v) is 19.4. The van der Waals surface area contributed by atoms with Gasteiger partial charge < -0.3 is 0 Å². The van der Waals surface area contributed by atoms with Crippen LogP contribution in [0.15, 0.2) is 206 Å². The first kappa shape index (κ1) is 36.6. The molecular formula is C62H40N2S. The molecule has 3 aromatic heterocycles. The van der Waals surface area contributed by atoms with Gasteiger partial charge in [-0.15, -0.1) is 11.3 Å². The standard InChI is InChI=1S/C62H40N2S/c1-62(2)54-18-10-9-17-50(54)51-28-27-45(32-55(51)62)37-19-21-38(22-20-37)46-29-30-47(49-16-8-7-15-48(46)49)39-23-25-40(26-24-39)57-36-53-52-31-41-11-3-6-14-44(41)35-59(52)65-60(53)61-63-56-33-42-12-4-5-13-43(42)34-58(56)64(57)61/h3-36H,1-2H3. The van der Waals surface area contributed by atoms with E-state index < -0.39 is 0 Å². The predicted molar refractivity (Wildman–Crippen MR) is 277 cm³/mol. The van der Waals surface area contributed by atoms with Gasteiger partial charge in [0.2, 0.25) is 0 Å². The fourth-order valence-corrected chi connectivity index (χ4v) is 12.2. The van der Waals surface area contributed by atoms with Crippen LogP contribution in [0.4, 0.5) is 0 Å². The second kappa shape index (κ2) is 13.6. The molecule has 0 bridgehead atoms. The molecule has 0 atom stereocenters. The third kappa shape index (κ3) is 5.43. The Hall–Kier alpha value is -7.85. The second-order valence-electron chi connectivity index (χ2n) is 18.3. The van der Waals surface area contributed by atoms with Crippen molar-refractivity contribution in [3.8, 4) is 55.8 Å². The van der Waals surface area contributed by atoms with E-state index in [1.165, 1.54) is 108 Å². The van der Waals surface area contributed by atoms with Gasteiger partial charge in [-0.2, -0.15) is 0 Å². The zero-order valence-electron chi connectivity index (χ0n) is 35.9. The van der Waals surface area contributed by atoms with Gasteiger partial charge >= 0.3 is 0 Å². The van der Waals surface area contributed by atoms with Crippen molar-refractivity contribution in [1.82, 2.24) is 9.38 Å². The van der Waals surface area contributed by atoms with Gasteiger partial charge in [0.25, 0.3) is 0 Å². The van der Waals surface area contributed by atoms with Crippen LogP contribution < -0.4 is 0 Å². The quantitative estimate of drug-likeness (QED) is 0.172. The first-order valence-electron chi connectivity index (χ1n) is 22.5. The van der Waals surface area contributed by atoms with E-state index in [9.17, 15) is 0 Å². The molecule has 0 saturated carbocycles. The van der Waals surface area contributed by atoms with Crippen LogP contribution in [0.25, 0.3) is 125 Å². The number of hydrogen-bond donors (Lipinski definition) is 0. The molecule has 2 nitrogen and oxygen atoms in total. The lowest BCUT2D eigenvalue weighted by Gasteiger charge is -2.22. The van der Waals surface area contributed by atoms with E-state index in [1.54, 1.807) is 0 Å². The lowest BCUT2D eigenvalue weighted by molar-refractivity contribution is 0.660. The van der Waals surface area contributed by atoms with Gasteiger partial charge in [-0.05, 0) is 130 Å². The number of nitrogens with zero attached hydrogens (tertiary/aromatic N) is 2. The summed E-state index contributed by atoms with van der Waals surface area (Å²) >= 11 is 1.85. The van der Waals surface area contributed by atoms with Gasteiger partial charge in [0.05, 0.1) is 21.4 Å². The van der Waals surface area contributed by atoms with Crippen molar-refractivity contribution >= 4 is 80.5 Å². The van der Waals surface area contributed by atoms with E-state index in [0.717, 1.165) is 27.9 Å². The van der Waals surface area contributed by atoms with Crippen LogP contribution in [0, 0.1) is 0 Å². The normalized spacial score (nSPS) is 13.2. The summed E-state index contributed by atoms with van der Waals surface area (Å²) in [5.74, 6) is 0. The predicted octanol–water partition coefficient (Wildman–Crippen LogP) is 17.3. The summed E-state index contributed by atoms with van der Waals surface area (Å²) in [6, 6.07) is 76.6. The van der Waals surface area contributed by atoms with Crippen LogP contribution in [-0.2, 0) is 5.41 Å². The first-order valence-corrected chi connectivity index (χ1v) is 23.3. The van der Waals surface area contributed by atoms with E-state index in [2.05, 4.69) is 225 Å². The van der Waals surface area contributed by atoms with Gasteiger partial charge in [0.1, 0.15) is 0 Å². The summed E-state index contributed by atoms with van der Waals surface area (Å²) in [6.07, 6.45) is 0. The molecule has 1 aliphatic carbocycles. The van der Waals surface area contributed by atoms with Crippen molar-refractivity contribution in [1.29, 1.82) is 0 Å². The Morgan fingerprint density at radius 3 is 1.65 bits per heavy atom. The van der Waals surface area contributed by atoms with E-state index in [-0.39, 0.29) is 5.41 Å². The summed E-state index contributed by atoms with van der Waals surface area (Å²) < 4.78 is 4.90. The van der Waals surface area contributed by atoms with Crippen LogP contribution in [0.5, 0.6) is 0 Å². The minimum Gasteiger partial charge on any atom is -0.291 e. The molecule has 0 saturated heterocycles. The van der Waals surface area contributed by atoms with Crippen molar-refractivity contribution in [2.45, 2.75) is 19.3 Å². The highest BCUT2D eigenvalue weighted by atomic mass is 32.1. The monoisotopic (exact) mass is 844 g/mol. The van der Waals surface area contributed by atoms with Crippen molar-refractivity contribution in [3.05, 3.63) is 217 Å². The molecule has 10 aromatic carbocycles. The Kier molecular flexibility index (Phi) is 7.65. The number of aromatic nitrogens is 2. The molecule has 0 aliphatic heterocycles. The molecule has 0 unspecified atom stereocenters. The maximum absolute atomic E-state index is 5.40. The topological polar surface area (TPSA) is 17.3 Å². The third-order valence-electron chi connectivity index (χ3n) is 14.4. The molecule has 14 rings (SSSR count). The summed E-state index contributed by atoms with van der Waals surface area (Å²) in [5.41, 5.74) is 18.3. The lowest BCUT2D eigenvalue weighted by atomic mass is 9.81. The highest BCUT2D eigenvalue weighted by Gasteiger charge is 2.35. The van der Waals surface area contributed by atoms with Crippen LogP contribution in [0.3, 0.4) is 0 Å². The Morgan fingerprint density at radius 2 is 0.938 bits per heavy atom. The van der Waals surface area contributed by atoms with Crippen molar-refractivity contribution in [2.24, 2.45) is 0 Å². The van der Waals surface area contributed by atoms with Crippen LogP contribution in [0.2, 0.25) is 0 Å². The van der Waals surface area contributed by atoms with E-state index >= 15 is 0 Å². The number of imidazole rings is 1. The first-order chi connectivity index (χ1) is 31.9. The highest BCUT2D eigenvalue weighted by Crippen LogP contribution is 2.50. The minimum atomic E-state index is -0.0240. The number of thiophene rings is 1. The number of hydrogen-bond acceptors (Lipinski definition) is 2. The summed E-state index contributed by atoms with van der Waals surface area (Å²) in [5, 5.41) is 9.96. The zero-order valence-corrected chi connectivity index (χ0v) is 36.7. The van der Waals surface area contributed by atoms with E-state index in [1.807, 2.05) is 11.3 Å². The fraction of sp³-hybridized carbons (Fsp3) is 0.0484.